The van der Waals surface area contributed by atoms with Gasteiger partial charge in [-0.2, -0.15) is 0 Å². The summed E-state index contributed by atoms with van der Waals surface area (Å²) in [5.74, 6) is 0.358. The SMILES string of the molecule is Oc1ccc2cccc3c4cccc5cccc(c1c23)c54. The Hall–Kier alpha value is -2.80. The van der Waals surface area contributed by atoms with Gasteiger partial charge < -0.3 is 5.11 Å². The van der Waals surface area contributed by atoms with Crippen LogP contribution in [0.2, 0.25) is 0 Å². The highest BCUT2D eigenvalue weighted by Gasteiger charge is 2.14. The fourth-order valence-corrected chi connectivity index (χ4v) is 3.64. The van der Waals surface area contributed by atoms with Crippen LogP contribution in [0.5, 0.6) is 5.75 Å². The third kappa shape index (κ3) is 1.26. The minimum absolute atomic E-state index is 0.358. The Morgan fingerprint density at radius 3 is 1.76 bits per heavy atom. The van der Waals surface area contributed by atoms with Crippen molar-refractivity contribution in [2.24, 2.45) is 0 Å². The van der Waals surface area contributed by atoms with Crippen molar-refractivity contribution in [1.29, 1.82) is 0 Å². The smallest absolute Gasteiger partial charge is 0.124 e. The molecular formula is C20H12O. The lowest BCUT2D eigenvalue weighted by atomic mass is 9.89. The first-order valence-electron chi connectivity index (χ1n) is 7.12. The molecule has 1 heteroatoms. The second-order valence-electron chi connectivity index (χ2n) is 5.57. The Bertz CT molecular complexity index is 1130. The van der Waals surface area contributed by atoms with Crippen molar-refractivity contribution in [3.05, 3.63) is 66.7 Å². The maximum atomic E-state index is 10.4. The lowest BCUT2D eigenvalue weighted by Gasteiger charge is -2.14. The molecule has 21 heavy (non-hydrogen) atoms. The molecule has 1 N–H and O–H groups in total. The number of hydrogen-bond donors (Lipinski definition) is 1. The largest absolute Gasteiger partial charge is 0.507 e. The molecule has 0 atom stereocenters. The van der Waals surface area contributed by atoms with E-state index in [2.05, 4.69) is 54.6 Å². The van der Waals surface area contributed by atoms with Gasteiger partial charge in [-0.15, -0.1) is 0 Å². The fraction of sp³-hybridized carbons (Fsp3) is 0. The van der Waals surface area contributed by atoms with Crippen molar-refractivity contribution in [3.63, 3.8) is 0 Å². The molecule has 0 fully saturated rings. The Morgan fingerprint density at radius 1 is 0.476 bits per heavy atom. The summed E-state index contributed by atoms with van der Waals surface area (Å²) >= 11 is 0. The van der Waals surface area contributed by atoms with E-state index in [0.29, 0.717) is 5.75 Å². The number of fused-ring (bicyclic) bond motifs is 2. The molecule has 0 saturated heterocycles. The van der Waals surface area contributed by atoms with Crippen LogP contribution in [0.15, 0.2) is 66.7 Å². The van der Waals surface area contributed by atoms with E-state index >= 15 is 0 Å². The van der Waals surface area contributed by atoms with Gasteiger partial charge in [0.2, 0.25) is 0 Å². The average Bonchev–Trinajstić information content (AvgIpc) is 2.53. The third-order valence-electron chi connectivity index (χ3n) is 4.49. The van der Waals surface area contributed by atoms with E-state index in [9.17, 15) is 5.11 Å². The highest BCUT2D eigenvalue weighted by molar-refractivity contribution is 6.33. The van der Waals surface area contributed by atoms with E-state index in [-0.39, 0.29) is 0 Å². The Kier molecular flexibility index (Phi) is 1.90. The van der Waals surface area contributed by atoms with Crippen LogP contribution in [-0.2, 0) is 0 Å². The van der Waals surface area contributed by atoms with Gasteiger partial charge in [-0.25, -0.2) is 0 Å². The second-order valence-corrected chi connectivity index (χ2v) is 5.57. The standard InChI is InChI=1S/C20H12O/c21-17-11-10-13-6-2-8-15-14-7-1-4-12-5-3-9-16(18(12)14)20(17)19(13)15/h1-11,21H. The molecule has 0 aliphatic heterocycles. The Balaban J connectivity index is 2.32. The predicted molar refractivity (Wildman–Crippen MR) is 89.3 cm³/mol. The lowest BCUT2D eigenvalue weighted by molar-refractivity contribution is 0.482. The Morgan fingerprint density at radius 2 is 1.05 bits per heavy atom. The zero-order valence-electron chi connectivity index (χ0n) is 11.3. The van der Waals surface area contributed by atoms with Crippen molar-refractivity contribution in [3.8, 4) is 5.75 Å². The lowest BCUT2D eigenvalue weighted by Crippen LogP contribution is -1.86. The summed E-state index contributed by atoms with van der Waals surface area (Å²) in [6.45, 7) is 0. The van der Waals surface area contributed by atoms with Crippen LogP contribution in [-0.4, -0.2) is 5.11 Å². The van der Waals surface area contributed by atoms with Crippen molar-refractivity contribution in [1.82, 2.24) is 0 Å². The summed E-state index contributed by atoms with van der Waals surface area (Å²) in [6.07, 6.45) is 0. The number of phenolic OH excluding ortho intramolecular Hbond substituents is 1. The molecule has 98 valence electrons. The first-order chi connectivity index (χ1) is 10.3. The number of benzene rings is 5. The zero-order valence-corrected chi connectivity index (χ0v) is 11.3. The third-order valence-corrected chi connectivity index (χ3v) is 4.49. The van der Waals surface area contributed by atoms with E-state index in [1.807, 2.05) is 6.07 Å². The summed E-state index contributed by atoms with van der Waals surface area (Å²) in [5, 5.41) is 19.8. The quantitative estimate of drug-likeness (QED) is 0.293. The second kappa shape index (κ2) is 3.64. The van der Waals surface area contributed by atoms with Crippen LogP contribution in [0.1, 0.15) is 0 Å². The van der Waals surface area contributed by atoms with E-state index in [4.69, 9.17) is 0 Å². The monoisotopic (exact) mass is 268 g/mol. The van der Waals surface area contributed by atoms with Gasteiger partial charge in [-0.1, -0.05) is 60.7 Å². The molecule has 0 unspecified atom stereocenters. The predicted octanol–water partition coefficient (Wildman–Crippen LogP) is 5.44. The molecule has 5 aromatic rings. The highest BCUT2D eigenvalue weighted by atomic mass is 16.3. The number of phenols is 1. The van der Waals surface area contributed by atoms with Gasteiger partial charge >= 0.3 is 0 Å². The molecule has 1 nitrogen and oxygen atoms in total. The van der Waals surface area contributed by atoms with Crippen LogP contribution in [0.4, 0.5) is 0 Å². The molecule has 0 aliphatic rings. The van der Waals surface area contributed by atoms with Gasteiger partial charge in [0.05, 0.1) is 0 Å². The van der Waals surface area contributed by atoms with Crippen molar-refractivity contribution < 1.29 is 5.11 Å². The van der Waals surface area contributed by atoms with Crippen molar-refractivity contribution in [2.45, 2.75) is 0 Å². The van der Waals surface area contributed by atoms with Gasteiger partial charge in [0, 0.05) is 10.8 Å². The topological polar surface area (TPSA) is 20.2 Å². The van der Waals surface area contributed by atoms with E-state index in [1.54, 1.807) is 6.07 Å². The number of rotatable bonds is 0. The van der Waals surface area contributed by atoms with Crippen molar-refractivity contribution >= 4 is 43.1 Å². The van der Waals surface area contributed by atoms with Gasteiger partial charge in [0.1, 0.15) is 5.75 Å². The highest BCUT2D eigenvalue weighted by Crippen LogP contribution is 2.43. The number of aromatic hydroxyl groups is 1. The number of hydrogen-bond acceptors (Lipinski definition) is 1. The summed E-state index contributed by atoms with van der Waals surface area (Å²) in [5.41, 5.74) is 0. The van der Waals surface area contributed by atoms with Gasteiger partial charge in [-0.3, -0.25) is 0 Å². The summed E-state index contributed by atoms with van der Waals surface area (Å²) in [6, 6.07) is 22.9. The maximum absolute atomic E-state index is 10.4. The van der Waals surface area contributed by atoms with E-state index in [0.717, 1.165) is 16.2 Å². The molecule has 0 bridgehead atoms. The van der Waals surface area contributed by atoms with Crippen LogP contribution < -0.4 is 0 Å². The van der Waals surface area contributed by atoms with Gasteiger partial charge in [0.15, 0.2) is 0 Å². The molecule has 0 saturated carbocycles. The molecule has 0 amide bonds. The van der Waals surface area contributed by atoms with Gasteiger partial charge in [0.25, 0.3) is 0 Å². The molecule has 5 aromatic carbocycles. The average molecular weight is 268 g/mol. The van der Waals surface area contributed by atoms with E-state index in [1.165, 1.54) is 26.9 Å². The van der Waals surface area contributed by atoms with Crippen LogP contribution >= 0.6 is 0 Å². The summed E-state index contributed by atoms with van der Waals surface area (Å²) < 4.78 is 0. The molecule has 0 heterocycles. The maximum Gasteiger partial charge on any atom is 0.124 e. The van der Waals surface area contributed by atoms with Crippen LogP contribution in [0.3, 0.4) is 0 Å². The van der Waals surface area contributed by atoms with Gasteiger partial charge in [-0.05, 0) is 38.4 Å². The normalized spacial score (nSPS) is 12.0. The van der Waals surface area contributed by atoms with Crippen LogP contribution in [0.25, 0.3) is 43.1 Å². The molecule has 0 radical (unpaired) electrons. The fourth-order valence-electron chi connectivity index (χ4n) is 3.64. The zero-order chi connectivity index (χ0) is 14.0. The molecule has 0 spiro atoms. The summed E-state index contributed by atoms with van der Waals surface area (Å²) in [4.78, 5) is 0. The molecule has 0 aliphatic carbocycles. The minimum atomic E-state index is 0.358. The molecule has 0 aromatic heterocycles. The first-order valence-corrected chi connectivity index (χ1v) is 7.12. The summed E-state index contributed by atoms with van der Waals surface area (Å²) in [7, 11) is 0. The Labute approximate surface area is 121 Å². The minimum Gasteiger partial charge on any atom is -0.507 e. The van der Waals surface area contributed by atoms with Crippen LogP contribution in [0, 0.1) is 0 Å². The van der Waals surface area contributed by atoms with E-state index < -0.39 is 0 Å². The first kappa shape index (κ1) is 10.9. The van der Waals surface area contributed by atoms with Crippen molar-refractivity contribution in [2.75, 3.05) is 0 Å². The molecular weight excluding hydrogens is 256 g/mol. The molecule has 5 rings (SSSR count).